The average molecular weight is 342 g/mol. The molecule has 0 aliphatic rings. The molecule has 0 bridgehead atoms. The molecule has 132 valence electrons. The van der Waals surface area contributed by atoms with Crippen molar-refractivity contribution in [2.45, 2.75) is 65.0 Å². The van der Waals surface area contributed by atoms with Crippen molar-refractivity contribution in [2.24, 2.45) is 0 Å². The fourth-order valence-electron chi connectivity index (χ4n) is 2.61. The smallest absolute Gasteiger partial charge is 0.337 e. The minimum Gasteiger partial charge on any atom is -0.507 e. The Balaban J connectivity index is 3.67. The zero-order chi connectivity index (χ0) is 18.2. The predicted octanol–water partition coefficient (Wildman–Crippen LogP) is 5.53. The minimum absolute atomic E-state index is 0.232. The molecule has 4 nitrogen and oxygen atoms in total. The molecule has 0 saturated heterocycles. The van der Waals surface area contributed by atoms with Crippen LogP contribution in [0.25, 0.3) is 0 Å². The molecule has 1 atom stereocenters. The molecule has 1 rings (SSSR count). The van der Waals surface area contributed by atoms with Crippen LogP contribution in [0.1, 0.15) is 70.8 Å². The van der Waals surface area contributed by atoms with Gasteiger partial charge in [0.05, 0.1) is 5.66 Å². The van der Waals surface area contributed by atoms with Gasteiger partial charge in [-0.05, 0) is 34.4 Å². The lowest BCUT2D eigenvalue weighted by Crippen LogP contribution is -2.18. The van der Waals surface area contributed by atoms with Crippen molar-refractivity contribution in [3.8, 4) is 5.75 Å². The second-order valence-corrected chi connectivity index (χ2v) is 10.6. The van der Waals surface area contributed by atoms with E-state index in [0.29, 0.717) is 5.75 Å². The largest absolute Gasteiger partial charge is 0.507 e. The van der Waals surface area contributed by atoms with Gasteiger partial charge in [-0.2, -0.15) is 0 Å². The molecule has 0 saturated carbocycles. The monoisotopic (exact) mass is 342 g/mol. The van der Waals surface area contributed by atoms with Crippen molar-refractivity contribution in [1.29, 1.82) is 0 Å². The Morgan fingerprint density at radius 1 is 0.957 bits per heavy atom. The van der Waals surface area contributed by atoms with E-state index in [1.54, 1.807) is 0 Å². The third kappa shape index (κ3) is 4.17. The molecule has 0 amide bonds. The Morgan fingerprint density at radius 2 is 1.30 bits per heavy atom. The standard InChI is InChI=1S/C18H31O4P/c1-12(23(20,21-8)22-9)13-10-14(17(2,3)4)16(19)15(11-13)18(5,6)7/h10-12,19H,1-9H3. The molecule has 5 heteroatoms. The molecule has 0 fully saturated rings. The SMILES string of the molecule is COP(=O)(OC)C(C)c1cc(C(C)(C)C)c(O)c(C(C)(C)C)c1. The van der Waals surface area contributed by atoms with Crippen LogP contribution in [0.2, 0.25) is 0 Å². The van der Waals surface area contributed by atoms with E-state index in [9.17, 15) is 9.67 Å². The van der Waals surface area contributed by atoms with Crippen LogP contribution in [0.5, 0.6) is 5.75 Å². The molecule has 1 unspecified atom stereocenters. The van der Waals surface area contributed by atoms with Gasteiger partial charge in [-0.3, -0.25) is 4.57 Å². The van der Waals surface area contributed by atoms with E-state index in [1.165, 1.54) is 14.2 Å². The Morgan fingerprint density at radius 3 is 1.57 bits per heavy atom. The topological polar surface area (TPSA) is 55.8 Å². The number of hydrogen-bond donors (Lipinski definition) is 1. The predicted molar refractivity (Wildman–Crippen MR) is 95.5 cm³/mol. The van der Waals surface area contributed by atoms with Gasteiger partial charge in [0.1, 0.15) is 5.75 Å². The fraction of sp³-hybridized carbons (Fsp3) is 0.667. The highest BCUT2D eigenvalue weighted by atomic mass is 31.2. The average Bonchev–Trinajstić information content (AvgIpc) is 2.43. The van der Waals surface area contributed by atoms with Crippen molar-refractivity contribution >= 4 is 7.60 Å². The number of aromatic hydroxyl groups is 1. The number of rotatable bonds is 4. The lowest BCUT2D eigenvalue weighted by molar-refractivity contribution is 0.267. The van der Waals surface area contributed by atoms with Crippen LogP contribution in [0.15, 0.2) is 12.1 Å². The molecule has 0 radical (unpaired) electrons. The summed E-state index contributed by atoms with van der Waals surface area (Å²) in [5.41, 5.74) is 1.65. The summed E-state index contributed by atoms with van der Waals surface area (Å²) in [7, 11) is -0.436. The molecule has 1 aromatic carbocycles. The van der Waals surface area contributed by atoms with Crippen LogP contribution in [-0.4, -0.2) is 19.3 Å². The van der Waals surface area contributed by atoms with Crippen LogP contribution in [0.4, 0.5) is 0 Å². The molecule has 1 N–H and O–H groups in total. The summed E-state index contributed by atoms with van der Waals surface area (Å²) in [6.45, 7) is 14.1. The van der Waals surface area contributed by atoms with Gasteiger partial charge in [0.25, 0.3) is 0 Å². The summed E-state index contributed by atoms with van der Waals surface area (Å²) < 4.78 is 23.1. The van der Waals surface area contributed by atoms with E-state index < -0.39 is 13.3 Å². The van der Waals surface area contributed by atoms with E-state index in [0.717, 1.165) is 16.7 Å². The second-order valence-electron chi connectivity index (χ2n) is 8.05. The van der Waals surface area contributed by atoms with Crippen molar-refractivity contribution < 1.29 is 18.7 Å². The van der Waals surface area contributed by atoms with Crippen molar-refractivity contribution in [3.05, 3.63) is 28.8 Å². The first-order chi connectivity index (χ1) is 10.3. The summed E-state index contributed by atoms with van der Waals surface area (Å²) in [5, 5.41) is 10.8. The van der Waals surface area contributed by atoms with Gasteiger partial charge in [-0.25, -0.2) is 0 Å². The van der Waals surface area contributed by atoms with E-state index in [-0.39, 0.29) is 10.8 Å². The summed E-state index contributed by atoms with van der Waals surface area (Å²) in [5.74, 6) is 0.311. The lowest BCUT2D eigenvalue weighted by Gasteiger charge is -2.30. The molecule has 0 aromatic heterocycles. The maximum Gasteiger partial charge on any atom is 0.337 e. The maximum atomic E-state index is 12.8. The highest BCUT2D eigenvalue weighted by Gasteiger charge is 2.34. The quantitative estimate of drug-likeness (QED) is 0.731. The van der Waals surface area contributed by atoms with Gasteiger partial charge >= 0.3 is 7.60 Å². The van der Waals surface area contributed by atoms with Crippen LogP contribution in [0.3, 0.4) is 0 Å². The summed E-state index contributed by atoms with van der Waals surface area (Å²) >= 11 is 0. The van der Waals surface area contributed by atoms with E-state index >= 15 is 0 Å². The summed E-state index contributed by atoms with van der Waals surface area (Å²) in [4.78, 5) is 0. The van der Waals surface area contributed by atoms with Crippen LogP contribution >= 0.6 is 7.60 Å². The second kappa shape index (κ2) is 6.58. The van der Waals surface area contributed by atoms with Crippen LogP contribution in [-0.2, 0) is 24.4 Å². The third-order valence-electron chi connectivity index (χ3n) is 4.21. The van der Waals surface area contributed by atoms with Gasteiger partial charge in [0.15, 0.2) is 0 Å². The van der Waals surface area contributed by atoms with Gasteiger partial charge < -0.3 is 14.2 Å². The first kappa shape index (κ1) is 20.2. The molecule has 1 aromatic rings. The molecular weight excluding hydrogens is 311 g/mol. The first-order valence-corrected chi connectivity index (χ1v) is 9.48. The minimum atomic E-state index is -3.24. The molecule has 0 aliphatic heterocycles. The fourth-order valence-corrected chi connectivity index (χ4v) is 3.91. The molecule has 0 heterocycles. The summed E-state index contributed by atoms with van der Waals surface area (Å²) in [6.07, 6.45) is 0. The molecule has 0 aliphatic carbocycles. The Labute approximate surface area is 140 Å². The molecule has 23 heavy (non-hydrogen) atoms. The number of phenolic OH excluding ortho intramolecular Hbond substituents is 1. The number of phenols is 1. The van der Waals surface area contributed by atoms with Gasteiger partial charge in [0, 0.05) is 14.2 Å². The van der Waals surface area contributed by atoms with Crippen LogP contribution < -0.4 is 0 Å². The van der Waals surface area contributed by atoms with E-state index in [4.69, 9.17) is 9.05 Å². The summed E-state index contributed by atoms with van der Waals surface area (Å²) in [6, 6.07) is 3.83. The Bertz CT molecular complexity index is 565. The van der Waals surface area contributed by atoms with E-state index in [1.807, 2.05) is 19.1 Å². The normalized spacial score (nSPS) is 14.8. The van der Waals surface area contributed by atoms with Crippen molar-refractivity contribution in [2.75, 3.05) is 14.2 Å². The van der Waals surface area contributed by atoms with Crippen molar-refractivity contribution in [3.63, 3.8) is 0 Å². The van der Waals surface area contributed by atoms with Gasteiger partial charge in [0.2, 0.25) is 0 Å². The van der Waals surface area contributed by atoms with Crippen molar-refractivity contribution in [1.82, 2.24) is 0 Å². The van der Waals surface area contributed by atoms with Gasteiger partial charge in [-0.1, -0.05) is 53.7 Å². The third-order valence-corrected chi connectivity index (χ3v) is 6.48. The zero-order valence-electron chi connectivity index (χ0n) is 15.9. The van der Waals surface area contributed by atoms with Crippen LogP contribution in [0, 0.1) is 0 Å². The molecular formula is C18H31O4P. The molecule has 0 spiro atoms. The lowest BCUT2D eigenvalue weighted by atomic mass is 9.78. The van der Waals surface area contributed by atoms with E-state index in [2.05, 4.69) is 41.5 Å². The Kier molecular flexibility index (Phi) is 5.79. The maximum absolute atomic E-state index is 12.8. The highest BCUT2D eigenvalue weighted by Crippen LogP contribution is 2.60. The Hall–Kier alpha value is -0.830. The zero-order valence-corrected chi connectivity index (χ0v) is 16.7. The number of benzene rings is 1. The number of hydrogen-bond acceptors (Lipinski definition) is 4. The van der Waals surface area contributed by atoms with Gasteiger partial charge in [-0.15, -0.1) is 0 Å². The first-order valence-electron chi connectivity index (χ1n) is 7.87. The highest BCUT2D eigenvalue weighted by molar-refractivity contribution is 7.54.